The minimum atomic E-state index is -0.981. The standard InChI is InChI=1S/C33H51NO4/c1-14-38-29(37)26(34)25(19-15-21(30(2,3)4)27(35)22(16-19)31(5,6)7)20-17-23(32(8,9)10)28(36)24(18-20)33(11,12)13/h15-18,25-26,35-36H,14,34H2,1-13H3/t26-/m0/s1. The zero-order valence-electron chi connectivity index (χ0n) is 26.0. The summed E-state index contributed by atoms with van der Waals surface area (Å²) in [6.07, 6.45) is 0. The van der Waals surface area contributed by atoms with Gasteiger partial charge in [0.15, 0.2) is 0 Å². The van der Waals surface area contributed by atoms with E-state index in [1.54, 1.807) is 6.92 Å². The van der Waals surface area contributed by atoms with Crippen LogP contribution in [0.15, 0.2) is 24.3 Å². The highest BCUT2D eigenvalue weighted by molar-refractivity contribution is 5.78. The molecule has 0 amide bonds. The second kappa shape index (κ2) is 10.6. The molecule has 0 spiro atoms. The van der Waals surface area contributed by atoms with E-state index in [2.05, 4.69) is 83.1 Å². The Morgan fingerprint density at radius 3 is 1.16 bits per heavy atom. The number of carbonyl (C=O) groups is 1. The number of aromatic hydroxyl groups is 2. The molecule has 0 unspecified atom stereocenters. The summed E-state index contributed by atoms with van der Waals surface area (Å²) in [5.74, 6) is -0.495. The van der Waals surface area contributed by atoms with Crippen molar-refractivity contribution >= 4 is 5.97 Å². The molecule has 0 saturated carbocycles. The van der Waals surface area contributed by atoms with Crippen LogP contribution in [0, 0.1) is 0 Å². The number of carbonyl (C=O) groups excluding carboxylic acids is 1. The van der Waals surface area contributed by atoms with E-state index in [0.717, 1.165) is 33.4 Å². The number of phenolic OH excluding ortho intramolecular Hbond substituents is 2. The zero-order valence-corrected chi connectivity index (χ0v) is 26.0. The van der Waals surface area contributed by atoms with E-state index in [9.17, 15) is 15.0 Å². The van der Waals surface area contributed by atoms with Crippen molar-refractivity contribution in [1.82, 2.24) is 0 Å². The van der Waals surface area contributed by atoms with E-state index in [4.69, 9.17) is 10.5 Å². The lowest BCUT2D eigenvalue weighted by molar-refractivity contribution is -0.145. The maximum atomic E-state index is 13.1. The highest BCUT2D eigenvalue weighted by Crippen LogP contribution is 2.46. The Kier molecular flexibility index (Phi) is 8.81. The van der Waals surface area contributed by atoms with Crippen molar-refractivity contribution in [1.29, 1.82) is 0 Å². The van der Waals surface area contributed by atoms with Gasteiger partial charge in [-0.2, -0.15) is 0 Å². The number of nitrogens with two attached hydrogens (primary N) is 1. The summed E-state index contributed by atoms with van der Waals surface area (Å²) in [6, 6.07) is 6.94. The number of hydrogen-bond acceptors (Lipinski definition) is 5. The monoisotopic (exact) mass is 525 g/mol. The first-order valence-corrected chi connectivity index (χ1v) is 13.7. The molecule has 0 saturated heterocycles. The highest BCUT2D eigenvalue weighted by atomic mass is 16.5. The average Bonchev–Trinajstić information content (AvgIpc) is 2.72. The predicted octanol–water partition coefficient (Wildman–Crippen LogP) is 7.31. The molecule has 0 bridgehead atoms. The molecule has 0 aliphatic heterocycles. The van der Waals surface area contributed by atoms with Gasteiger partial charge in [-0.15, -0.1) is 0 Å². The van der Waals surface area contributed by atoms with Crippen molar-refractivity contribution in [2.75, 3.05) is 6.61 Å². The van der Waals surface area contributed by atoms with Gasteiger partial charge in [-0.1, -0.05) is 107 Å². The summed E-state index contributed by atoms with van der Waals surface area (Å²) in [5.41, 5.74) is 10.2. The Balaban J connectivity index is 3.09. The number of esters is 1. The first-order chi connectivity index (χ1) is 17.0. The Labute approximate surface area is 230 Å². The number of benzene rings is 2. The summed E-state index contributed by atoms with van der Waals surface area (Å²) < 4.78 is 5.40. The van der Waals surface area contributed by atoms with E-state index in [0.29, 0.717) is 0 Å². The molecule has 5 nitrogen and oxygen atoms in total. The molecule has 2 aromatic rings. The van der Waals surface area contributed by atoms with Crippen LogP contribution in [0.2, 0.25) is 0 Å². The quantitative estimate of drug-likeness (QED) is 0.356. The fourth-order valence-corrected chi connectivity index (χ4v) is 4.94. The first kappa shape index (κ1) is 31.7. The normalized spacial score (nSPS) is 14.1. The van der Waals surface area contributed by atoms with Crippen molar-refractivity contribution in [3.8, 4) is 11.5 Å². The lowest BCUT2D eigenvalue weighted by Crippen LogP contribution is -2.39. The van der Waals surface area contributed by atoms with E-state index in [-0.39, 0.29) is 39.8 Å². The van der Waals surface area contributed by atoms with Gasteiger partial charge < -0.3 is 20.7 Å². The molecule has 0 aliphatic carbocycles. The van der Waals surface area contributed by atoms with Crippen LogP contribution in [-0.4, -0.2) is 28.8 Å². The third kappa shape index (κ3) is 6.72. The molecule has 0 radical (unpaired) electrons. The van der Waals surface area contributed by atoms with Crippen LogP contribution in [0.4, 0.5) is 0 Å². The number of phenols is 2. The number of ether oxygens (including phenoxy) is 1. The van der Waals surface area contributed by atoms with Crippen molar-refractivity contribution < 1.29 is 19.7 Å². The van der Waals surface area contributed by atoms with Crippen LogP contribution in [0.1, 0.15) is 129 Å². The molecule has 2 aromatic carbocycles. The second-order valence-electron chi connectivity index (χ2n) is 14.7. The topological polar surface area (TPSA) is 92.8 Å². The Bertz CT molecular complexity index is 1020. The zero-order chi connectivity index (χ0) is 29.6. The minimum absolute atomic E-state index is 0.228. The first-order valence-electron chi connectivity index (χ1n) is 13.7. The average molecular weight is 526 g/mol. The summed E-state index contributed by atoms with van der Waals surface area (Å²) in [7, 11) is 0. The van der Waals surface area contributed by atoms with Gasteiger partial charge in [0.05, 0.1) is 6.61 Å². The molecule has 2 rings (SSSR count). The van der Waals surface area contributed by atoms with Gasteiger partial charge >= 0.3 is 5.97 Å². The molecular formula is C33H51NO4. The molecule has 38 heavy (non-hydrogen) atoms. The van der Waals surface area contributed by atoms with Crippen LogP contribution in [0.25, 0.3) is 0 Å². The highest BCUT2D eigenvalue weighted by Gasteiger charge is 2.36. The lowest BCUT2D eigenvalue weighted by Gasteiger charge is -2.33. The molecule has 0 aliphatic rings. The smallest absolute Gasteiger partial charge is 0.323 e. The van der Waals surface area contributed by atoms with Crippen LogP contribution in [0.5, 0.6) is 11.5 Å². The number of rotatable bonds is 5. The second-order valence-corrected chi connectivity index (χ2v) is 14.7. The van der Waals surface area contributed by atoms with Crippen molar-refractivity contribution in [3.63, 3.8) is 0 Å². The molecular weight excluding hydrogens is 474 g/mol. The third-order valence-corrected chi connectivity index (χ3v) is 7.13. The molecule has 1 atom stereocenters. The van der Waals surface area contributed by atoms with Gasteiger partial charge in [0.1, 0.15) is 17.5 Å². The summed E-state index contributed by atoms with van der Waals surface area (Å²) in [6.45, 7) is 26.8. The molecule has 5 heteroatoms. The molecule has 0 heterocycles. The van der Waals surface area contributed by atoms with E-state index < -0.39 is 17.9 Å². The van der Waals surface area contributed by atoms with E-state index in [1.165, 1.54) is 0 Å². The summed E-state index contributed by atoms with van der Waals surface area (Å²) in [4.78, 5) is 13.1. The Morgan fingerprint density at radius 1 is 0.684 bits per heavy atom. The van der Waals surface area contributed by atoms with Gasteiger partial charge in [-0.25, -0.2) is 0 Å². The van der Waals surface area contributed by atoms with Crippen LogP contribution >= 0.6 is 0 Å². The van der Waals surface area contributed by atoms with Crippen LogP contribution in [0.3, 0.4) is 0 Å². The minimum Gasteiger partial charge on any atom is -0.507 e. The van der Waals surface area contributed by atoms with Gasteiger partial charge in [0, 0.05) is 5.92 Å². The molecule has 0 fully saturated rings. The maximum Gasteiger partial charge on any atom is 0.323 e. The van der Waals surface area contributed by atoms with Gasteiger partial charge in [0.25, 0.3) is 0 Å². The largest absolute Gasteiger partial charge is 0.507 e. The van der Waals surface area contributed by atoms with Crippen molar-refractivity contribution in [2.24, 2.45) is 5.73 Å². The van der Waals surface area contributed by atoms with Gasteiger partial charge in [0.2, 0.25) is 0 Å². The lowest BCUT2D eigenvalue weighted by atomic mass is 9.72. The van der Waals surface area contributed by atoms with Gasteiger partial charge in [-0.05, 0) is 62.0 Å². The Hall–Kier alpha value is -2.53. The third-order valence-electron chi connectivity index (χ3n) is 7.13. The molecule has 4 N–H and O–H groups in total. The Morgan fingerprint density at radius 2 is 0.947 bits per heavy atom. The van der Waals surface area contributed by atoms with Crippen LogP contribution < -0.4 is 5.73 Å². The van der Waals surface area contributed by atoms with Crippen molar-refractivity contribution in [3.05, 3.63) is 57.6 Å². The van der Waals surface area contributed by atoms with Crippen LogP contribution in [-0.2, 0) is 31.2 Å². The van der Waals surface area contributed by atoms with E-state index >= 15 is 0 Å². The summed E-state index contributed by atoms with van der Waals surface area (Å²) >= 11 is 0. The van der Waals surface area contributed by atoms with E-state index in [1.807, 2.05) is 24.3 Å². The molecule has 0 aromatic heterocycles. The fourth-order valence-electron chi connectivity index (χ4n) is 4.94. The fraction of sp³-hybridized carbons (Fsp3) is 0.606. The number of hydrogen-bond donors (Lipinski definition) is 3. The SMILES string of the molecule is CCOC(=O)[C@@H](N)C(c1cc(C(C)(C)C)c(O)c(C(C)(C)C)c1)c1cc(C(C)(C)C)c(O)c(C(C)(C)C)c1. The predicted molar refractivity (Wildman–Crippen MR) is 157 cm³/mol. The molecule has 212 valence electrons. The maximum absolute atomic E-state index is 13.1. The van der Waals surface area contributed by atoms with Gasteiger partial charge in [-0.3, -0.25) is 4.79 Å². The summed E-state index contributed by atoms with van der Waals surface area (Å²) in [5, 5.41) is 22.7. The van der Waals surface area contributed by atoms with Crippen molar-refractivity contribution in [2.45, 2.75) is 124 Å².